The largest absolute Gasteiger partial charge is 0.423 e. The Kier molecular flexibility index (Phi) is 3.90. The Labute approximate surface area is 138 Å². The summed E-state index contributed by atoms with van der Waals surface area (Å²) in [6.45, 7) is 3.36. The standard InChI is InChI=1S/C16H19N3O3S/c1-10-17-18-15(22-10)13-9-19(6-7-21-13)16(20)12-3-2-4-14-11(12)5-8-23-14/h5,8,12-13H,2-4,6-7,9H2,1H3/t12-,13-/m1/s1. The van der Waals surface area contributed by atoms with Gasteiger partial charge in [0.25, 0.3) is 0 Å². The summed E-state index contributed by atoms with van der Waals surface area (Å²) in [7, 11) is 0. The van der Waals surface area contributed by atoms with E-state index in [0.29, 0.717) is 31.5 Å². The van der Waals surface area contributed by atoms with Gasteiger partial charge in [-0.3, -0.25) is 4.79 Å². The average Bonchev–Trinajstić information content (AvgIpc) is 3.22. The minimum absolute atomic E-state index is 0.00632. The van der Waals surface area contributed by atoms with Crippen LogP contribution >= 0.6 is 11.3 Å². The summed E-state index contributed by atoms with van der Waals surface area (Å²) in [6, 6.07) is 2.11. The van der Waals surface area contributed by atoms with Gasteiger partial charge in [-0.1, -0.05) is 0 Å². The second-order valence-electron chi connectivity index (χ2n) is 6.05. The van der Waals surface area contributed by atoms with Crippen molar-refractivity contribution in [1.82, 2.24) is 15.1 Å². The van der Waals surface area contributed by atoms with E-state index < -0.39 is 0 Å². The van der Waals surface area contributed by atoms with E-state index in [9.17, 15) is 4.79 Å². The summed E-state index contributed by atoms with van der Waals surface area (Å²) in [5, 5.41) is 9.97. The summed E-state index contributed by atoms with van der Waals surface area (Å²) in [4.78, 5) is 16.3. The normalized spacial score (nSPS) is 24.5. The molecule has 1 fully saturated rings. The Hall–Kier alpha value is -1.73. The number of thiophene rings is 1. The lowest BCUT2D eigenvalue weighted by molar-refractivity contribution is -0.141. The highest BCUT2D eigenvalue weighted by atomic mass is 32.1. The van der Waals surface area contributed by atoms with Gasteiger partial charge in [0.2, 0.25) is 17.7 Å². The molecule has 0 unspecified atom stereocenters. The number of hydrogen-bond acceptors (Lipinski definition) is 6. The number of rotatable bonds is 2. The number of nitrogens with zero attached hydrogens (tertiary/aromatic N) is 3. The molecule has 2 aromatic heterocycles. The van der Waals surface area contributed by atoms with Gasteiger partial charge in [-0.25, -0.2) is 0 Å². The van der Waals surface area contributed by atoms with E-state index in [1.54, 1.807) is 18.3 Å². The van der Waals surface area contributed by atoms with Crippen LogP contribution in [0.2, 0.25) is 0 Å². The maximum absolute atomic E-state index is 13.0. The molecule has 0 saturated carbocycles. The van der Waals surface area contributed by atoms with Crippen LogP contribution in [0.15, 0.2) is 15.9 Å². The maximum Gasteiger partial charge on any atom is 0.246 e. The first-order chi connectivity index (χ1) is 11.2. The second-order valence-corrected chi connectivity index (χ2v) is 7.05. The SMILES string of the molecule is Cc1nnc([C@H]2CN(C(=O)[C@@H]3CCCc4sccc43)CCO2)o1. The molecule has 23 heavy (non-hydrogen) atoms. The van der Waals surface area contributed by atoms with Crippen molar-refractivity contribution in [3.05, 3.63) is 33.7 Å². The summed E-state index contributed by atoms with van der Waals surface area (Å²) < 4.78 is 11.2. The van der Waals surface area contributed by atoms with Crippen LogP contribution < -0.4 is 0 Å². The molecule has 1 saturated heterocycles. The van der Waals surface area contributed by atoms with Crippen molar-refractivity contribution in [1.29, 1.82) is 0 Å². The molecule has 0 radical (unpaired) electrons. The third kappa shape index (κ3) is 2.79. The van der Waals surface area contributed by atoms with Gasteiger partial charge in [0, 0.05) is 18.3 Å². The molecule has 0 aromatic carbocycles. The van der Waals surface area contributed by atoms with Gasteiger partial charge in [0.1, 0.15) is 0 Å². The Balaban J connectivity index is 1.51. The number of carbonyl (C=O) groups is 1. The predicted molar refractivity (Wildman–Crippen MR) is 84.3 cm³/mol. The first-order valence-electron chi connectivity index (χ1n) is 7.99. The molecule has 1 aliphatic heterocycles. The van der Waals surface area contributed by atoms with E-state index >= 15 is 0 Å². The molecule has 122 valence electrons. The molecule has 0 bridgehead atoms. The van der Waals surface area contributed by atoms with E-state index in [1.807, 2.05) is 4.90 Å². The van der Waals surface area contributed by atoms with Crippen molar-refractivity contribution in [2.24, 2.45) is 0 Å². The highest BCUT2D eigenvalue weighted by Crippen LogP contribution is 2.36. The fourth-order valence-electron chi connectivity index (χ4n) is 3.40. The Morgan fingerprint density at radius 1 is 1.43 bits per heavy atom. The number of morpholine rings is 1. The third-order valence-corrected chi connectivity index (χ3v) is 5.54. The Morgan fingerprint density at radius 3 is 3.17 bits per heavy atom. The monoisotopic (exact) mass is 333 g/mol. The zero-order valence-electron chi connectivity index (χ0n) is 13.0. The smallest absolute Gasteiger partial charge is 0.246 e. The predicted octanol–water partition coefficient (Wildman–Crippen LogP) is 2.46. The van der Waals surface area contributed by atoms with Crippen LogP contribution in [0.5, 0.6) is 0 Å². The number of aryl methyl sites for hydroxylation is 2. The molecule has 0 N–H and O–H groups in total. The zero-order chi connectivity index (χ0) is 15.8. The summed E-state index contributed by atoms with van der Waals surface area (Å²) in [5.41, 5.74) is 1.22. The van der Waals surface area contributed by atoms with Crippen molar-refractivity contribution in [3.8, 4) is 0 Å². The highest BCUT2D eigenvalue weighted by molar-refractivity contribution is 7.10. The van der Waals surface area contributed by atoms with E-state index in [1.165, 1.54) is 10.4 Å². The van der Waals surface area contributed by atoms with Gasteiger partial charge in [-0.05, 0) is 36.3 Å². The van der Waals surface area contributed by atoms with Crippen LogP contribution in [0.4, 0.5) is 0 Å². The maximum atomic E-state index is 13.0. The molecule has 1 aliphatic carbocycles. The number of amides is 1. The molecule has 2 aromatic rings. The lowest BCUT2D eigenvalue weighted by Crippen LogP contribution is -2.44. The topological polar surface area (TPSA) is 68.5 Å². The number of hydrogen-bond donors (Lipinski definition) is 0. The van der Waals surface area contributed by atoms with E-state index in [2.05, 4.69) is 21.6 Å². The van der Waals surface area contributed by atoms with Crippen molar-refractivity contribution in [2.45, 2.75) is 38.2 Å². The van der Waals surface area contributed by atoms with Crippen LogP contribution in [0.25, 0.3) is 0 Å². The molecular formula is C16H19N3O3S. The first kappa shape index (κ1) is 14.8. The molecular weight excluding hydrogens is 314 g/mol. The lowest BCUT2D eigenvalue weighted by atomic mass is 9.86. The fourth-order valence-corrected chi connectivity index (χ4v) is 4.39. The molecule has 0 spiro atoms. The van der Waals surface area contributed by atoms with Crippen LogP contribution in [0, 0.1) is 6.92 Å². The number of carbonyl (C=O) groups excluding carboxylic acids is 1. The quantitative estimate of drug-likeness (QED) is 0.844. The van der Waals surface area contributed by atoms with Crippen LogP contribution in [-0.4, -0.2) is 40.7 Å². The van der Waals surface area contributed by atoms with Crippen LogP contribution in [0.3, 0.4) is 0 Å². The number of aromatic nitrogens is 2. The zero-order valence-corrected chi connectivity index (χ0v) is 13.8. The molecule has 6 nitrogen and oxygen atoms in total. The van der Waals surface area contributed by atoms with Crippen molar-refractivity contribution >= 4 is 17.2 Å². The van der Waals surface area contributed by atoms with Gasteiger partial charge < -0.3 is 14.1 Å². The van der Waals surface area contributed by atoms with Crippen LogP contribution in [-0.2, 0) is 16.0 Å². The van der Waals surface area contributed by atoms with Crippen molar-refractivity contribution in [3.63, 3.8) is 0 Å². The van der Waals surface area contributed by atoms with Gasteiger partial charge in [-0.15, -0.1) is 21.5 Å². The molecule has 3 heterocycles. The van der Waals surface area contributed by atoms with E-state index in [-0.39, 0.29) is 17.9 Å². The molecule has 1 amide bonds. The number of fused-ring (bicyclic) bond motifs is 1. The lowest BCUT2D eigenvalue weighted by Gasteiger charge is -2.34. The van der Waals surface area contributed by atoms with Gasteiger partial charge in [-0.2, -0.15) is 0 Å². The summed E-state index contributed by atoms with van der Waals surface area (Å²) in [5.74, 6) is 1.17. The second kappa shape index (κ2) is 6.05. The van der Waals surface area contributed by atoms with E-state index in [4.69, 9.17) is 9.15 Å². The minimum Gasteiger partial charge on any atom is -0.423 e. The van der Waals surface area contributed by atoms with Gasteiger partial charge >= 0.3 is 0 Å². The molecule has 2 atom stereocenters. The average molecular weight is 333 g/mol. The van der Waals surface area contributed by atoms with Crippen molar-refractivity contribution < 1.29 is 13.9 Å². The first-order valence-corrected chi connectivity index (χ1v) is 8.87. The van der Waals surface area contributed by atoms with Gasteiger partial charge in [0.15, 0.2) is 6.10 Å². The molecule has 4 rings (SSSR count). The molecule has 7 heteroatoms. The fraction of sp³-hybridized carbons (Fsp3) is 0.562. The summed E-state index contributed by atoms with van der Waals surface area (Å²) >= 11 is 1.76. The number of ether oxygens (including phenoxy) is 1. The minimum atomic E-state index is -0.320. The molecule has 2 aliphatic rings. The third-order valence-electron chi connectivity index (χ3n) is 4.55. The van der Waals surface area contributed by atoms with E-state index in [0.717, 1.165) is 19.3 Å². The Bertz CT molecular complexity index is 711. The highest BCUT2D eigenvalue weighted by Gasteiger charge is 2.35. The van der Waals surface area contributed by atoms with Crippen LogP contribution in [0.1, 0.15) is 47.1 Å². The Morgan fingerprint density at radius 2 is 2.35 bits per heavy atom. The van der Waals surface area contributed by atoms with Gasteiger partial charge in [0.05, 0.1) is 19.1 Å². The summed E-state index contributed by atoms with van der Waals surface area (Å²) in [6.07, 6.45) is 2.80. The van der Waals surface area contributed by atoms with Crippen molar-refractivity contribution in [2.75, 3.05) is 19.7 Å².